The van der Waals surface area contributed by atoms with Crippen molar-refractivity contribution in [3.8, 4) is 0 Å². The van der Waals surface area contributed by atoms with Crippen LogP contribution in [0.5, 0.6) is 0 Å². The molecule has 1 aromatic carbocycles. The zero-order valence-corrected chi connectivity index (χ0v) is 13.9. The van der Waals surface area contributed by atoms with Crippen LogP contribution in [0.3, 0.4) is 0 Å². The molecule has 1 N–H and O–H groups in total. The maximum Gasteiger partial charge on any atom is 0.311 e. The van der Waals surface area contributed by atoms with Crippen LogP contribution < -0.4 is 5.32 Å². The Morgan fingerprint density at radius 1 is 1.38 bits per heavy atom. The number of thiazole rings is 1. The number of hydrogen-bond donors (Lipinski definition) is 1. The summed E-state index contributed by atoms with van der Waals surface area (Å²) >= 11 is 1.28. The second kappa shape index (κ2) is 7.09. The lowest BCUT2D eigenvalue weighted by Gasteiger charge is -2.02. The number of halogens is 1. The molecular weight excluding hydrogens is 331 g/mol. The van der Waals surface area contributed by atoms with E-state index in [1.54, 1.807) is 24.4 Å². The Hall–Kier alpha value is -2.28. The van der Waals surface area contributed by atoms with Crippen LogP contribution >= 0.6 is 11.3 Å². The van der Waals surface area contributed by atoms with E-state index in [0.717, 1.165) is 12.0 Å². The summed E-state index contributed by atoms with van der Waals surface area (Å²) in [6, 6.07) is 6.25. The van der Waals surface area contributed by atoms with E-state index in [-0.39, 0.29) is 36.0 Å². The third kappa shape index (κ3) is 3.97. The van der Waals surface area contributed by atoms with Crippen molar-refractivity contribution in [3.63, 3.8) is 0 Å². The first-order valence-corrected chi connectivity index (χ1v) is 8.61. The van der Waals surface area contributed by atoms with Gasteiger partial charge in [0.05, 0.1) is 18.7 Å². The molecule has 1 aromatic heterocycles. The summed E-state index contributed by atoms with van der Waals surface area (Å²) in [7, 11) is 0. The predicted molar refractivity (Wildman–Crippen MR) is 88.3 cm³/mol. The second-order valence-corrected chi connectivity index (χ2v) is 6.47. The molecule has 0 spiro atoms. The van der Waals surface area contributed by atoms with Gasteiger partial charge in [-0.1, -0.05) is 12.1 Å². The zero-order valence-electron chi connectivity index (χ0n) is 13.1. The third-order valence-electron chi connectivity index (χ3n) is 3.84. The maximum absolute atomic E-state index is 12.9. The van der Waals surface area contributed by atoms with E-state index >= 15 is 0 Å². The number of aromatic nitrogens is 1. The quantitative estimate of drug-likeness (QED) is 0.815. The van der Waals surface area contributed by atoms with Crippen molar-refractivity contribution in [2.45, 2.75) is 25.7 Å². The lowest BCUT2D eigenvalue weighted by Crippen LogP contribution is -2.14. The number of anilines is 1. The average molecular weight is 348 g/mol. The number of rotatable bonds is 6. The Kier molecular flexibility index (Phi) is 4.89. The van der Waals surface area contributed by atoms with E-state index in [1.165, 1.54) is 23.5 Å². The van der Waals surface area contributed by atoms with Gasteiger partial charge >= 0.3 is 5.97 Å². The van der Waals surface area contributed by atoms with Crippen LogP contribution in [0.25, 0.3) is 0 Å². The minimum Gasteiger partial charge on any atom is -0.466 e. The van der Waals surface area contributed by atoms with Gasteiger partial charge in [-0.05, 0) is 37.0 Å². The zero-order chi connectivity index (χ0) is 17.1. The lowest BCUT2D eigenvalue weighted by atomic mass is 10.1. The third-order valence-corrected chi connectivity index (χ3v) is 4.64. The van der Waals surface area contributed by atoms with Crippen LogP contribution in [0.2, 0.25) is 0 Å². The summed E-state index contributed by atoms with van der Waals surface area (Å²) in [6.45, 7) is 2.08. The van der Waals surface area contributed by atoms with E-state index in [0.29, 0.717) is 17.4 Å². The molecule has 0 bridgehead atoms. The molecule has 1 amide bonds. The summed E-state index contributed by atoms with van der Waals surface area (Å²) < 4.78 is 17.8. The monoisotopic (exact) mass is 348 g/mol. The molecule has 2 aromatic rings. The Labute approximate surface area is 142 Å². The van der Waals surface area contributed by atoms with E-state index in [2.05, 4.69) is 10.3 Å². The van der Waals surface area contributed by atoms with Crippen LogP contribution in [0.1, 0.15) is 30.5 Å². The van der Waals surface area contributed by atoms with Crippen molar-refractivity contribution in [1.29, 1.82) is 0 Å². The first kappa shape index (κ1) is 16.6. The summed E-state index contributed by atoms with van der Waals surface area (Å²) in [4.78, 5) is 27.9. The predicted octanol–water partition coefficient (Wildman–Crippen LogP) is 3.13. The molecule has 126 valence electrons. The Morgan fingerprint density at radius 3 is 2.83 bits per heavy atom. The molecule has 1 fully saturated rings. The highest BCUT2D eigenvalue weighted by atomic mass is 32.1. The standard InChI is InChI=1S/C17H17FN2O3S/c1-2-23-15(21)7-12-9-24-17(19-12)20-16(22)14-8-13(14)10-3-5-11(18)6-4-10/h3-6,9,13-14H,2,7-8H2,1H3,(H,19,20,22). The van der Waals surface area contributed by atoms with Gasteiger partial charge in [0.25, 0.3) is 0 Å². The number of amides is 1. The Bertz CT molecular complexity index is 745. The fourth-order valence-corrected chi connectivity index (χ4v) is 3.28. The highest BCUT2D eigenvalue weighted by molar-refractivity contribution is 7.13. The second-order valence-electron chi connectivity index (χ2n) is 5.62. The van der Waals surface area contributed by atoms with Crippen LogP contribution in [0.4, 0.5) is 9.52 Å². The van der Waals surface area contributed by atoms with Gasteiger partial charge in [0.15, 0.2) is 5.13 Å². The highest BCUT2D eigenvalue weighted by Crippen LogP contribution is 2.48. The summed E-state index contributed by atoms with van der Waals surface area (Å²) in [5.74, 6) is -0.699. The number of ether oxygens (including phenoxy) is 1. The summed E-state index contributed by atoms with van der Waals surface area (Å²) in [5, 5.41) is 4.99. The van der Waals surface area contributed by atoms with E-state index in [1.807, 2.05) is 0 Å². The lowest BCUT2D eigenvalue weighted by molar-refractivity contribution is -0.142. The van der Waals surface area contributed by atoms with E-state index < -0.39 is 0 Å². The fourth-order valence-electron chi connectivity index (χ4n) is 2.57. The van der Waals surface area contributed by atoms with Crippen molar-refractivity contribution in [2.75, 3.05) is 11.9 Å². The van der Waals surface area contributed by atoms with Gasteiger partial charge in [0.1, 0.15) is 5.82 Å². The van der Waals surface area contributed by atoms with Crippen molar-refractivity contribution in [3.05, 3.63) is 46.7 Å². The van der Waals surface area contributed by atoms with Gasteiger partial charge in [-0.15, -0.1) is 11.3 Å². The molecule has 1 heterocycles. The van der Waals surface area contributed by atoms with Crippen LogP contribution in [-0.2, 0) is 20.7 Å². The molecule has 7 heteroatoms. The number of nitrogens with zero attached hydrogens (tertiary/aromatic N) is 1. The van der Waals surface area contributed by atoms with Crippen molar-refractivity contribution < 1.29 is 18.7 Å². The van der Waals surface area contributed by atoms with E-state index in [9.17, 15) is 14.0 Å². The summed E-state index contributed by atoms with van der Waals surface area (Å²) in [6.07, 6.45) is 0.848. The molecule has 3 rings (SSSR count). The largest absolute Gasteiger partial charge is 0.466 e. The van der Waals surface area contributed by atoms with Crippen molar-refractivity contribution in [2.24, 2.45) is 5.92 Å². The average Bonchev–Trinajstić information content (AvgIpc) is 3.24. The smallest absolute Gasteiger partial charge is 0.311 e. The number of nitrogens with one attached hydrogen (secondary N) is 1. The molecule has 0 aliphatic heterocycles. The highest BCUT2D eigenvalue weighted by Gasteiger charge is 2.44. The fraction of sp³-hybridized carbons (Fsp3) is 0.353. The van der Waals surface area contributed by atoms with Crippen LogP contribution in [0, 0.1) is 11.7 Å². The van der Waals surface area contributed by atoms with Crippen molar-refractivity contribution in [1.82, 2.24) is 4.98 Å². The topological polar surface area (TPSA) is 68.3 Å². The number of carbonyl (C=O) groups is 2. The maximum atomic E-state index is 12.9. The van der Waals surface area contributed by atoms with Gasteiger partial charge < -0.3 is 10.1 Å². The van der Waals surface area contributed by atoms with Gasteiger partial charge in [-0.3, -0.25) is 9.59 Å². The first-order chi connectivity index (χ1) is 11.6. The number of hydrogen-bond acceptors (Lipinski definition) is 5. The molecule has 1 aliphatic carbocycles. The first-order valence-electron chi connectivity index (χ1n) is 7.73. The van der Waals surface area contributed by atoms with Crippen LogP contribution in [-0.4, -0.2) is 23.5 Å². The Balaban J connectivity index is 1.54. The molecule has 2 unspecified atom stereocenters. The minimum atomic E-state index is -0.334. The van der Waals surface area contributed by atoms with Crippen LogP contribution in [0.15, 0.2) is 29.6 Å². The number of benzene rings is 1. The number of esters is 1. The van der Waals surface area contributed by atoms with Gasteiger partial charge in [0.2, 0.25) is 5.91 Å². The molecule has 1 aliphatic rings. The molecular formula is C17H17FN2O3S. The van der Waals surface area contributed by atoms with Crippen molar-refractivity contribution >= 4 is 28.3 Å². The van der Waals surface area contributed by atoms with Gasteiger partial charge in [0, 0.05) is 11.3 Å². The SMILES string of the molecule is CCOC(=O)Cc1csc(NC(=O)C2CC2c2ccc(F)cc2)n1. The molecule has 0 radical (unpaired) electrons. The molecule has 24 heavy (non-hydrogen) atoms. The minimum absolute atomic E-state index is 0.0960. The van der Waals surface area contributed by atoms with Gasteiger partial charge in [-0.2, -0.15) is 0 Å². The van der Waals surface area contributed by atoms with E-state index in [4.69, 9.17) is 4.74 Å². The Morgan fingerprint density at radius 2 is 2.12 bits per heavy atom. The summed E-state index contributed by atoms with van der Waals surface area (Å²) in [5.41, 5.74) is 1.55. The molecule has 1 saturated carbocycles. The molecule has 0 saturated heterocycles. The molecule has 5 nitrogen and oxygen atoms in total. The van der Waals surface area contributed by atoms with Gasteiger partial charge in [-0.25, -0.2) is 9.37 Å². The normalized spacial score (nSPS) is 18.9. The molecule has 2 atom stereocenters. The number of carbonyl (C=O) groups excluding carboxylic acids is 2.